The first-order valence-corrected chi connectivity index (χ1v) is 10.4. The van der Waals surface area contributed by atoms with Crippen LogP contribution < -0.4 is 10.9 Å². The number of rotatable bonds is 8. The second-order valence-electron chi connectivity index (χ2n) is 7.46. The zero-order valence-corrected chi connectivity index (χ0v) is 17.4. The number of amides is 1. The highest BCUT2D eigenvalue weighted by molar-refractivity contribution is 5.83. The Bertz CT molecular complexity index is 1230. The lowest BCUT2D eigenvalue weighted by Crippen LogP contribution is -2.29. The van der Waals surface area contributed by atoms with Crippen molar-refractivity contribution >= 4 is 22.5 Å². The van der Waals surface area contributed by atoms with Gasteiger partial charge in [0.2, 0.25) is 5.91 Å². The molecule has 3 heterocycles. The number of carbonyl (C=O) groups excluding carboxylic acids is 1. The smallest absolute Gasteiger partial charge is 0.291 e. The van der Waals surface area contributed by atoms with E-state index in [4.69, 9.17) is 4.42 Å². The maximum absolute atomic E-state index is 12.9. The minimum absolute atomic E-state index is 0.00792. The molecule has 0 radical (unpaired) electrons. The highest BCUT2D eigenvalue weighted by atomic mass is 16.3. The highest BCUT2D eigenvalue weighted by Crippen LogP contribution is 2.23. The summed E-state index contributed by atoms with van der Waals surface area (Å²) in [6, 6.07) is 13.8. The van der Waals surface area contributed by atoms with Gasteiger partial charge in [0.1, 0.15) is 17.1 Å². The van der Waals surface area contributed by atoms with E-state index in [0.717, 1.165) is 23.5 Å². The van der Waals surface area contributed by atoms with Gasteiger partial charge >= 0.3 is 0 Å². The molecule has 1 N–H and O–H groups in total. The summed E-state index contributed by atoms with van der Waals surface area (Å²) in [5.74, 6) is 1.60. The summed E-state index contributed by atoms with van der Waals surface area (Å²) in [4.78, 5) is 25.0. The maximum atomic E-state index is 12.9. The van der Waals surface area contributed by atoms with Gasteiger partial charge in [-0.15, -0.1) is 0 Å². The molecule has 1 amide bonds. The molecule has 4 aromatic rings. The number of furan rings is 1. The Morgan fingerprint density at radius 2 is 1.97 bits per heavy atom. The lowest BCUT2D eigenvalue weighted by molar-refractivity contribution is -0.121. The first kappa shape index (κ1) is 19.9. The summed E-state index contributed by atoms with van der Waals surface area (Å²) in [6.45, 7) is 4.91. The van der Waals surface area contributed by atoms with E-state index in [1.807, 2.05) is 54.6 Å². The van der Waals surface area contributed by atoms with Gasteiger partial charge in [0.05, 0.1) is 5.52 Å². The van der Waals surface area contributed by atoms with Gasteiger partial charge in [0.25, 0.3) is 5.56 Å². The van der Waals surface area contributed by atoms with Crippen molar-refractivity contribution in [1.29, 1.82) is 0 Å². The van der Waals surface area contributed by atoms with E-state index in [-0.39, 0.29) is 11.5 Å². The average molecular weight is 406 g/mol. The van der Waals surface area contributed by atoms with Gasteiger partial charge in [0, 0.05) is 38.1 Å². The van der Waals surface area contributed by atoms with E-state index in [1.54, 1.807) is 6.07 Å². The molecule has 1 aromatic carbocycles. The Hall–Kier alpha value is -3.35. The number of aromatic nitrogens is 3. The summed E-state index contributed by atoms with van der Waals surface area (Å²) in [6.07, 6.45) is 2.40. The number of hydrogen-bond acceptors (Lipinski definition) is 4. The van der Waals surface area contributed by atoms with Gasteiger partial charge in [-0.2, -0.15) is 5.10 Å². The summed E-state index contributed by atoms with van der Waals surface area (Å²) >= 11 is 0. The van der Waals surface area contributed by atoms with Crippen molar-refractivity contribution in [2.45, 2.75) is 46.1 Å². The standard InChI is InChI=1S/C23H26N4O3/c1-3-21-25-26(23(29)19-15-20-18(27(19)21)14-16(2)30-20)13-7-10-22(28)24-12-11-17-8-5-4-6-9-17/h4-6,8-9,14-15H,3,7,10-13H2,1-2H3,(H,24,28). The van der Waals surface area contributed by atoms with Crippen LogP contribution in [0.15, 0.2) is 51.7 Å². The number of benzene rings is 1. The van der Waals surface area contributed by atoms with E-state index in [2.05, 4.69) is 10.4 Å². The van der Waals surface area contributed by atoms with E-state index in [9.17, 15) is 9.59 Å². The van der Waals surface area contributed by atoms with Crippen LogP contribution in [0.5, 0.6) is 0 Å². The largest absolute Gasteiger partial charge is 0.460 e. The van der Waals surface area contributed by atoms with Crippen LogP contribution in [-0.4, -0.2) is 26.6 Å². The van der Waals surface area contributed by atoms with Gasteiger partial charge in [-0.25, -0.2) is 4.68 Å². The van der Waals surface area contributed by atoms with Crippen molar-refractivity contribution in [3.63, 3.8) is 0 Å². The van der Waals surface area contributed by atoms with Crippen molar-refractivity contribution in [2.75, 3.05) is 6.54 Å². The Labute approximate surface area is 174 Å². The van der Waals surface area contributed by atoms with Gasteiger partial charge in [0.15, 0.2) is 5.58 Å². The predicted octanol–water partition coefficient (Wildman–Crippen LogP) is 3.25. The highest BCUT2D eigenvalue weighted by Gasteiger charge is 2.16. The van der Waals surface area contributed by atoms with Gasteiger partial charge in [-0.05, 0) is 25.3 Å². The van der Waals surface area contributed by atoms with Crippen LogP contribution in [0.1, 0.15) is 36.9 Å². The number of aryl methyl sites for hydroxylation is 3. The lowest BCUT2D eigenvalue weighted by atomic mass is 10.1. The lowest BCUT2D eigenvalue weighted by Gasteiger charge is -2.10. The van der Waals surface area contributed by atoms with Crippen molar-refractivity contribution in [3.8, 4) is 0 Å². The molecule has 0 fully saturated rings. The SMILES string of the molecule is CCc1nn(CCCC(=O)NCCc2ccccc2)c(=O)c2cc3oc(C)cc3n12. The second-order valence-corrected chi connectivity index (χ2v) is 7.46. The van der Waals surface area contributed by atoms with Gasteiger partial charge in [-0.1, -0.05) is 37.3 Å². The minimum Gasteiger partial charge on any atom is -0.460 e. The summed E-state index contributed by atoms with van der Waals surface area (Å²) in [5, 5.41) is 7.48. The third kappa shape index (κ3) is 4.01. The zero-order chi connectivity index (χ0) is 21.1. The molecule has 4 rings (SSSR count). The predicted molar refractivity (Wildman–Crippen MR) is 116 cm³/mol. The number of carbonyl (C=O) groups is 1. The molecule has 3 aromatic heterocycles. The summed E-state index contributed by atoms with van der Waals surface area (Å²) in [7, 11) is 0. The molecule has 7 nitrogen and oxygen atoms in total. The first-order valence-electron chi connectivity index (χ1n) is 10.4. The van der Waals surface area contributed by atoms with Gasteiger partial charge in [-0.3, -0.25) is 14.0 Å². The molecule has 0 aliphatic carbocycles. The second kappa shape index (κ2) is 8.57. The Balaban J connectivity index is 1.39. The van der Waals surface area contributed by atoms with E-state index < -0.39 is 0 Å². The Morgan fingerprint density at radius 3 is 2.73 bits per heavy atom. The Kier molecular flexibility index (Phi) is 5.70. The molecule has 7 heteroatoms. The quantitative estimate of drug-likeness (QED) is 0.487. The molecule has 156 valence electrons. The number of hydrogen-bond donors (Lipinski definition) is 1. The third-order valence-electron chi connectivity index (χ3n) is 5.23. The van der Waals surface area contributed by atoms with Crippen LogP contribution in [0.3, 0.4) is 0 Å². The Morgan fingerprint density at radius 1 is 1.17 bits per heavy atom. The van der Waals surface area contributed by atoms with Crippen LogP contribution in [0.4, 0.5) is 0 Å². The fourth-order valence-electron chi connectivity index (χ4n) is 3.76. The summed E-state index contributed by atoms with van der Waals surface area (Å²) < 4.78 is 9.02. The molecule has 0 aliphatic heterocycles. The van der Waals surface area contributed by atoms with Crippen molar-refractivity contribution in [2.24, 2.45) is 0 Å². The maximum Gasteiger partial charge on any atom is 0.291 e. The molecule has 0 saturated heterocycles. The molecular formula is C23H26N4O3. The minimum atomic E-state index is -0.166. The third-order valence-corrected chi connectivity index (χ3v) is 5.23. The monoisotopic (exact) mass is 406 g/mol. The topological polar surface area (TPSA) is 81.5 Å². The van der Waals surface area contributed by atoms with Crippen LogP contribution in [0, 0.1) is 6.92 Å². The molecular weight excluding hydrogens is 380 g/mol. The number of nitrogens with one attached hydrogen (secondary N) is 1. The zero-order valence-electron chi connectivity index (χ0n) is 17.4. The van der Waals surface area contributed by atoms with Crippen LogP contribution >= 0.6 is 0 Å². The first-order chi connectivity index (χ1) is 14.6. The molecule has 0 saturated carbocycles. The number of nitrogens with zero attached hydrogens (tertiary/aromatic N) is 3. The number of fused-ring (bicyclic) bond motifs is 3. The van der Waals surface area contributed by atoms with E-state index in [0.29, 0.717) is 43.5 Å². The fraction of sp³-hybridized carbons (Fsp3) is 0.348. The average Bonchev–Trinajstić information content (AvgIpc) is 3.27. The van der Waals surface area contributed by atoms with Crippen LogP contribution in [-0.2, 0) is 24.2 Å². The molecule has 0 atom stereocenters. The van der Waals surface area contributed by atoms with Crippen LogP contribution in [0.2, 0.25) is 0 Å². The van der Waals surface area contributed by atoms with Gasteiger partial charge < -0.3 is 9.73 Å². The van der Waals surface area contributed by atoms with Crippen LogP contribution in [0.25, 0.3) is 16.6 Å². The normalized spacial score (nSPS) is 11.4. The van der Waals surface area contributed by atoms with E-state index >= 15 is 0 Å². The van der Waals surface area contributed by atoms with E-state index in [1.165, 1.54) is 10.2 Å². The fourth-order valence-corrected chi connectivity index (χ4v) is 3.76. The molecule has 0 unspecified atom stereocenters. The van der Waals surface area contributed by atoms with Crippen molar-refractivity contribution < 1.29 is 9.21 Å². The molecule has 0 aliphatic rings. The molecule has 30 heavy (non-hydrogen) atoms. The summed E-state index contributed by atoms with van der Waals surface area (Å²) in [5.41, 5.74) is 3.15. The van der Waals surface area contributed by atoms with Crippen molar-refractivity contribution in [1.82, 2.24) is 19.5 Å². The molecule has 0 spiro atoms. The molecule has 0 bridgehead atoms. The van der Waals surface area contributed by atoms with Crippen molar-refractivity contribution in [3.05, 3.63) is 70.0 Å².